The van der Waals surface area contributed by atoms with Crippen molar-refractivity contribution in [3.63, 3.8) is 0 Å². The van der Waals surface area contributed by atoms with Crippen molar-refractivity contribution in [1.29, 1.82) is 0 Å². The van der Waals surface area contributed by atoms with Crippen LogP contribution in [0.2, 0.25) is 0 Å². The van der Waals surface area contributed by atoms with Gasteiger partial charge in [-0.05, 0) is 86.2 Å². The molecule has 0 bridgehead atoms. The minimum atomic E-state index is 0.674. The van der Waals surface area contributed by atoms with E-state index in [4.69, 9.17) is 4.74 Å². The molecule has 4 aliphatic rings. The van der Waals surface area contributed by atoms with E-state index in [1.54, 1.807) is 0 Å². The van der Waals surface area contributed by atoms with Crippen molar-refractivity contribution in [3.05, 3.63) is 42.0 Å². The fourth-order valence-corrected chi connectivity index (χ4v) is 6.05. The molecule has 38 heavy (non-hydrogen) atoms. The molecule has 8 heteroatoms. The predicted octanol–water partition coefficient (Wildman–Crippen LogP) is 6.48. The maximum Gasteiger partial charge on any atom is 0.152 e. The Bertz CT molecular complexity index is 1010. The van der Waals surface area contributed by atoms with Crippen LogP contribution in [0, 0.1) is 5.41 Å². The molecule has 3 heterocycles. The molecule has 2 N–H and O–H groups in total. The number of morpholine rings is 1. The van der Waals surface area contributed by atoms with E-state index in [1.165, 1.54) is 44.9 Å². The third-order valence-electron chi connectivity index (χ3n) is 8.00. The smallest absolute Gasteiger partial charge is 0.152 e. The number of aromatic nitrogens is 1. The van der Waals surface area contributed by atoms with Crippen LogP contribution in [0.5, 0.6) is 0 Å². The van der Waals surface area contributed by atoms with E-state index in [0.717, 1.165) is 79.5 Å². The Balaban J connectivity index is 0.000000182. The Hall–Kier alpha value is -2.45. The average Bonchev–Trinajstić information content (AvgIpc) is 3.73. The van der Waals surface area contributed by atoms with Gasteiger partial charge in [-0.15, -0.1) is 0 Å². The summed E-state index contributed by atoms with van der Waals surface area (Å²) in [5, 5.41) is 3.80. The number of anilines is 4. The van der Waals surface area contributed by atoms with Gasteiger partial charge in [-0.1, -0.05) is 26.3 Å². The highest BCUT2D eigenvalue weighted by atomic mass is 32.2. The number of ether oxygens (including phenoxy) is 1. The lowest BCUT2D eigenvalue weighted by Gasteiger charge is -2.34. The largest absolute Gasteiger partial charge is 0.378 e. The van der Waals surface area contributed by atoms with Crippen LogP contribution in [-0.2, 0) is 4.74 Å². The maximum absolute atomic E-state index is 11.4. The molecule has 0 amide bonds. The zero-order valence-electron chi connectivity index (χ0n) is 23.4. The molecule has 2 saturated heterocycles. The zero-order chi connectivity index (χ0) is 26.8. The van der Waals surface area contributed by atoms with Crippen molar-refractivity contribution in [2.75, 3.05) is 66.3 Å². The molecule has 2 aromatic rings. The summed E-state index contributed by atoms with van der Waals surface area (Å²) in [6.07, 6.45) is 10.4. The predicted molar refractivity (Wildman–Crippen MR) is 162 cm³/mol. The van der Waals surface area contributed by atoms with Gasteiger partial charge < -0.3 is 24.6 Å². The molecule has 2 aliphatic carbocycles. The highest BCUT2D eigenvalue weighted by Crippen LogP contribution is 2.54. The second kappa shape index (κ2) is 14.1. The minimum absolute atomic E-state index is 0.674. The summed E-state index contributed by atoms with van der Waals surface area (Å²) in [6, 6.07) is 12.2. The molecule has 2 saturated carbocycles. The molecule has 4 fully saturated rings. The van der Waals surface area contributed by atoms with Gasteiger partial charge in [0.25, 0.3) is 0 Å². The Morgan fingerprint density at radius 3 is 2.34 bits per heavy atom. The third kappa shape index (κ3) is 7.56. The number of hydrogen-bond acceptors (Lipinski definition) is 8. The molecule has 0 radical (unpaired) electrons. The van der Waals surface area contributed by atoms with Crippen LogP contribution in [0.3, 0.4) is 0 Å². The second-order valence-corrected chi connectivity index (χ2v) is 11.5. The van der Waals surface area contributed by atoms with Gasteiger partial charge in [-0.25, -0.2) is 4.98 Å². The third-order valence-corrected chi connectivity index (χ3v) is 9.16. The van der Waals surface area contributed by atoms with Crippen LogP contribution in [0.4, 0.5) is 23.0 Å². The Morgan fingerprint density at radius 2 is 1.74 bits per heavy atom. The standard InChI is InChI=1S/C18H24N2OS.C10H15N3O.C2H6/c21-13-14-4-5-15(19-22-16-2-1-3-16)12-17(14)20-10-8-18(6-7-18)9-11-20;1-11-9-3-2-4-10(12-9)13-5-7-14-8-6-13;1-2/h4-5,12-13,16,19H,1-3,6-11H2;2-4H,5-8H2,1H3,(H,11,12);1-2H3. The molecular weight excluding hydrogens is 494 g/mol. The van der Waals surface area contributed by atoms with Crippen molar-refractivity contribution in [1.82, 2.24) is 4.98 Å². The van der Waals surface area contributed by atoms with Crippen LogP contribution < -0.4 is 19.8 Å². The number of piperidine rings is 1. The first-order valence-corrected chi connectivity index (χ1v) is 15.3. The van der Waals surface area contributed by atoms with Gasteiger partial charge in [0, 0.05) is 55.4 Å². The van der Waals surface area contributed by atoms with Crippen LogP contribution in [0.1, 0.15) is 69.2 Å². The van der Waals surface area contributed by atoms with E-state index < -0.39 is 0 Å². The van der Waals surface area contributed by atoms with Gasteiger partial charge in [0.1, 0.15) is 11.6 Å². The summed E-state index contributed by atoms with van der Waals surface area (Å²) in [5.41, 5.74) is 3.74. The van der Waals surface area contributed by atoms with Gasteiger partial charge in [-0.2, -0.15) is 0 Å². The number of hydrogen-bond donors (Lipinski definition) is 2. The first kappa shape index (κ1) is 28.6. The van der Waals surface area contributed by atoms with Crippen molar-refractivity contribution in [2.45, 2.75) is 64.0 Å². The molecule has 208 valence electrons. The Labute approximate surface area is 233 Å². The van der Waals surface area contributed by atoms with Gasteiger partial charge in [0.05, 0.1) is 13.2 Å². The summed E-state index contributed by atoms with van der Waals surface area (Å²) in [4.78, 5) is 20.5. The first-order chi connectivity index (χ1) is 18.7. The summed E-state index contributed by atoms with van der Waals surface area (Å²) in [7, 11) is 1.88. The summed E-state index contributed by atoms with van der Waals surface area (Å²) in [5.74, 6) is 1.94. The van der Waals surface area contributed by atoms with Gasteiger partial charge in [-0.3, -0.25) is 4.79 Å². The molecule has 0 unspecified atom stereocenters. The molecule has 7 nitrogen and oxygen atoms in total. The number of nitrogens with one attached hydrogen (secondary N) is 2. The fourth-order valence-electron chi connectivity index (χ4n) is 5.05. The number of pyridine rings is 1. The van der Waals surface area contributed by atoms with E-state index in [9.17, 15) is 4.79 Å². The molecular formula is C30H45N5O2S. The van der Waals surface area contributed by atoms with Crippen molar-refractivity contribution in [3.8, 4) is 0 Å². The van der Waals surface area contributed by atoms with Gasteiger partial charge >= 0.3 is 0 Å². The molecule has 2 aliphatic heterocycles. The quantitative estimate of drug-likeness (QED) is 0.306. The van der Waals surface area contributed by atoms with E-state index in [-0.39, 0.29) is 0 Å². The number of benzene rings is 1. The Kier molecular flexibility index (Phi) is 10.6. The first-order valence-electron chi connectivity index (χ1n) is 14.4. The van der Waals surface area contributed by atoms with Crippen molar-refractivity contribution in [2.24, 2.45) is 5.41 Å². The number of aldehydes is 1. The second-order valence-electron chi connectivity index (χ2n) is 10.4. The minimum Gasteiger partial charge on any atom is -0.378 e. The maximum atomic E-state index is 11.4. The average molecular weight is 540 g/mol. The van der Waals surface area contributed by atoms with Crippen LogP contribution in [0.15, 0.2) is 36.4 Å². The van der Waals surface area contributed by atoms with Crippen LogP contribution in [-0.4, -0.2) is 63.0 Å². The normalized spacial score (nSPS) is 19.8. The summed E-state index contributed by atoms with van der Waals surface area (Å²) in [6.45, 7) is 9.65. The Morgan fingerprint density at radius 1 is 1.00 bits per heavy atom. The lowest BCUT2D eigenvalue weighted by molar-refractivity contribution is 0.112. The number of nitrogens with zero attached hydrogens (tertiary/aromatic N) is 3. The van der Waals surface area contributed by atoms with E-state index in [1.807, 2.05) is 63.2 Å². The van der Waals surface area contributed by atoms with Crippen molar-refractivity contribution >= 4 is 41.2 Å². The number of rotatable bonds is 7. The fraction of sp³-hybridized carbons (Fsp3) is 0.600. The number of carbonyl (C=O) groups excluding carboxylic acids is 1. The molecule has 1 aromatic carbocycles. The molecule has 1 spiro atoms. The van der Waals surface area contributed by atoms with Crippen LogP contribution in [0.25, 0.3) is 0 Å². The van der Waals surface area contributed by atoms with Crippen molar-refractivity contribution < 1.29 is 9.53 Å². The molecule has 6 rings (SSSR count). The van der Waals surface area contributed by atoms with Crippen LogP contribution >= 0.6 is 11.9 Å². The zero-order valence-corrected chi connectivity index (χ0v) is 24.2. The van der Waals surface area contributed by atoms with Gasteiger partial charge in [0.15, 0.2) is 6.29 Å². The topological polar surface area (TPSA) is 69.7 Å². The monoisotopic (exact) mass is 539 g/mol. The summed E-state index contributed by atoms with van der Waals surface area (Å²) < 4.78 is 8.77. The SMILES string of the molecule is CC.CNc1cccc(N2CCOCC2)n1.O=Cc1ccc(NSC2CCC2)cc1N1CCC2(CC1)CC2. The highest BCUT2D eigenvalue weighted by Gasteiger charge is 2.44. The lowest BCUT2D eigenvalue weighted by atomic mass is 9.93. The highest BCUT2D eigenvalue weighted by molar-refractivity contribution is 8.01. The number of carbonyl (C=O) groups is 1. The van der Waals surface area contributed by atoms with E-state index in [2.05, 4.69) is 30.9 Å². The summed E-state index contributed by atoms with van der Waals surface area (Å²) >= 11 is 1.84. The molecule has 1 aromatic heterocycles. The van der Waals surface area contributed by atoms with E-state index >= 15 is 0 Å². The van der Waals surface area contributed by atoms with E-state index in [0.29, 0.717) is 5.41 Å². The van der Waals surface area contributed by atoms with Gasteiger partial charge in [0.2, 0.25) is 0 Å². The molecule has 0 atom stereocenters. The lowest BCUT2D eigenvalue weighted by Crippen LogP contribution is -2.36.